The summed E-state index contributed by atoms with van der Waals surface area (Å²) in [7, 11) is 3.10. The molecular formula is C26H26N2O4. The highest BCUT2D eigenvalue weighted by Crippen LogP contribution is 2.39. The molecule has 0 N–H and O–H groups in total. The fraction of sp³-hybridized carbons (Fsp3) is 0.231. The molecule has 0 radical (unpaired) electrons. The van der Waals surface area contributed by atoms with Crippen LogP contribution in [0.25, 0.3) is 0 Å². The number of ether oxygens (including phenoxy) is 2. The average Bonchev–Trinajstić information content (AvgIpc) is 2.81. The SMILES string of the molecule is COc1ccc(N2CC(=O)N(c3ccc(C)cc3)[C@H](c3ccc(C)cc3)C2=O)c(OC)c1. The van der Waals surface area contributed by atoms with Crippen LogP contribution in [0.15, 0.2) is 66.7 Å². The van der Waals surface area contributed by atoms with Crippen molar-refractivity contribution in [3.63, 3.8) is 0 Å². The number of carbonyl (C=O) groups is 2. The molecule has 32 heavy (non-hydrogen) atoms. The zero-order chi connectivity index (χ0) is 22.8. The number of aryl methyl sites for hydroxylation is 2. The normalized spacial score (nSPS) is 16.3. The van der Waals surface area contributed by atoms with Gasteiger partial charge in [0.25, 0.3) is 5.91 Å². The monoisotopic (exact) mass is 430 g/mol. The summed E-state index contributed by atoms with van der Waals surface area (Å²) in [6, 6.07) is 19.8. The van der Waals surface area contributed by atoms with E-state index in [0.29, 0.717) is 22.9 Å². The Balaban J connectivity index is 1.82. The first-order chi connectivity index (χ1) is 15.4. The van der Waals surface area contributed by atoms with E-state index in [-0.39, 0.29) is 18.4 Å². The Bertz CT molecular complexity index is 1140. The third-order valence-corrected chi connectivity index (χ3v) is 5.70. The Morgan fingerprint density at radius 3 is 2.03 bits per heavy atom. The van der Waals surface area contributed by atoms with Crippen molar-refractivity contribution in [3.8, 4) is 11.5 Å². The van der Waals surface area contributed by atoms with Gasteiger partial charge in [-0.2, -0.15) is 0 Å². The van der Waals surface area contributed by atoms with E-state index in [2.05, 4.69) is 0 Å². The molecule has 0 aliphatic carbocycles. The number of methoxy groups -OCH3 is 2. The number of piperazine rings is 1. The summed E-state index contributed by atoms with van der Waals surface area (Å²) in [6.07, 6.45) is 0. The van der Waals surface area contributed by atoms with E-state index < -0.39 is 6.04 Å². The molecule has 3 aromatic rings. The van der Waals surface area contributed by atoms with Crippen LogP contribution in [0.5, 0.6) is 11.5 Å². The predicted molar refractivity (Wildman–Crippen MR) is 124 cm³/mol. The van der Waals surface area contributed by atoms with Crippen molar-refractivity contribution in [2.45, 2.75) is 19.9 Å². The molecule has 0 saturated carbocycles. The first-order valence-electron chi connectivity index (χ1n) is 10.4. The van der Waals surface area contributed by atoms with Gasteiger partial charge in [-0.3, -0.25) is 19.4 Å². The molecule has 1 aliphatic rings. The standard InChI is InChI=1S/C26H26N2O4/c1-17-5-9-19(10-6-17)25-26(30)27(22-14-13-21(31-3)15-23(22)32-4)16-24(29)28(25)20-11-7-18(2)8-12-20/h5-15,25H,16H2,1-4H3/t25-/m1/s1. The maximum atomic E-state index is 13.9. The molecule has 0 spiro atoms. The fourth-order valence-electron chi connectivity index (χ4n) is 3.94. The van der Waals surface area contributed by atoms with Gasteiger partial charge in [0.2, 0.25) is 5.91 Å². The van der Waals surface area contributed by atoms with Crippen LogP contribution in [0.1, 0.15) is 22.7 Å². The number of amides is 2. The van der Waals surface area contributed by atoms with Gasteiger partial charge >= 0.3 is 0 Å². The lowest BCUT2D eigenvalue weighted by molar-refractivity contribution is -0.128. The zero-order valence-corrected chi connectivity index (χ0v) is 18.7. The van der Waals surface area contributed by atoms with Crippen LogP contribution in [0.4, 0.5) is 11.4 Å². The number of hydrogen-bond donors (Lipinski definition) is 0. The molecule has 0 aromatic heterocycles. The predicted octanol–water partition coefficient (Wildman–Crippen LogP) is 4.44. The van der Waals surface area contributed by atoms with Crippen LogP contribution in [-0.4, -0.2) is 32.6 Å². The maximum absolute atomic E-state index is 13.9. The van der Waals surface area contributed by atoms with Gasteiger partial charge in [0, 0.05) is 11.8 Å². The van der Waals surface area contributed by atoms with Gasteiger partial charge in [-0.15, -0.1) is 0 Å². The quantitative estimate of drug-likeness (QED) is 0.600. The lowest BCUT2D eigenvalue weighted by Gasteiger charge is -2.40. The molecule has 1 fully saturated rings. The van der Waals surface area contributed by atoms with Gasteiger partial charge in [0.1, 0.15) is 24.1 Å². The van der Waals surface area contributed by atoms with Crippen LogP contribution in [-0.2, 0) is 9.59 Å². The van der Waals surface area contributed by atoms with Crippen LogP contribution >= 0.6 is 0 Å². The molecule has 2 amide bonds. The molecular weight excluding hydrogens is 404 g/mol. The second-order valence-corrected chi connectivity index (χ2v) is 7.87. The maximum Gasteiger partial charge on any atom is 0.255 e. The van der Waals surface area contributed by atoms with Gasteiger partial charge in [-0.25, -0.2) is 0 Å². The van der Waals surface area contributed by atoms with Crippen LogP contribution in [0.3, 0.4) is 0 Å². The van der Waals surface area contributed by atoms with Crippen molar-refractivity contribution in [1.29, 1.82) is 0 Å². The van der Waals surface area contributed by atoms with Crippen molar-refractivity contribution in [2.24, 2.45) is 0 Å². The van der Waals surface area contributed by atoms with E-state index in [1.54, 1.807) is 30.2 Å². The van der Waals surface area contributed by atoms with E-state index in [1.165, 1.54) is 12.0 Å². The van der Waals surface area contributed by atoms with Crippen LogP contribution in [0, 0.1) is 13.8 Å². The summed E-state index contributed by atoms with van der Waals surface area (Å²) in [5, 5.41) is 0. The molecule has 6 heteroatoms. The summed E-state index contributed by atoms with van der Waals surface area (Å²) in [5.74, 6) is 0.712. The zero-order valence-electron chi connectivity index (χ0n) is 18.7. The number of hydrogen-bond acceptors (Lipinski definition) is 4. The third kappa shape index (κ3) is 3.91. The van der Waals surface area contributed by atoms with Crippen molar-refractivity contribution in [3.05, 3.63) is 83.4 Å². The summed E-state index contributed by atoms with van der Waals surface area (Å²) < 4.78 is 10.8. The highest BCUT2D eigenvalue weighted by Gasteiger charge is 2.42. The van der Waals surface area contributed by atoms with Crippen LogP contribution in [0.2, 0.25) is 0 Å². The Morgan fingerprint density at radius 2 is 1.44 bits per heavy atom. The van der Waals surface area contributed by atoms with E-state index in [9.17, 15) is 9.59 Å². The number of rotatable bonds is 5. The second-order valence-electron chi connectivity index (χ2n) is 7.87. The van der Waals surface area contributed by atoms with Crippen molar-refractivity contribution in [2.75, 3.05) is 30.6 Å². The Kier molecular flexibility index (Phi) is 5.86. The minimum Gasteiger partial charge on any atom is -0.497 e. The van der Waals surface area contributed by atoms with Gasteiger partial charge in [0.05, 0.1) is 19.9 Å². The molecule has 0 bridgehead atoms. The molecule has 164 valence electrons. The first-order valence-corrected chi connectivity index (χ1v) is 10.4. The molecule has 0 unspecified atom stereocenters. The molecule has 1 saturated heterocycles. The number of nitrogens with zero attached hydrogens (tertiary/aromatic N) is 2. The van der Waals surface area contributed by atoms with E-state index >= 15 is 0 Å². The minimum atomic E-state index is -0.786. The van der Waals surface area contributed by atoms with Crippen molar-refractivity contribution >= 4 is 23.2 Å². The molecule has 3 aromatic carbocycles. The molecule has 1 atom stereocenters. The van der Waals surface area contributed by atoms with E-state index in [0.717, 1.165) is 16.7 Å². The van der Waals surface area contributed by atoms with E-state index in [1.807, 2.05) is 62.4 Å². The number of carbonyl (C=O) groups excluding carboxylic acids is 2. The highest BCUT2D eigenvalue weighted by molar-refractivity contribution is 6.15. The van der Waals surface area contributed by atoms with Gasteiger partial charge in [-0.1, -0.05) is 47.5 Å². The first kappa shape index (κ1) is 21.4. The van der Waals surface area contributed by atoms with Gasteiger partial charge < -0.3 is 9.47 Å². The highest BCUT2D eigenvalue weighted by atomic mass is 16.5. The topological polar surface area (TPSA) is 59.1 Å². The van der Waals surface area contributed by atoms with Crippen LogP contribution < -0.4 is 19.3 Å². The van der Waals surface area contributed by atoms with Crippen molar-refractivity contribution < 1.29 is 19.1 Å². The Morgan fingerprint density at radius 1 is 0.812 bits per heavy atom. The van der Waals surface area contributed by atoms with Gasteiger partial charge in [-0.05, 0) is 43.7 Å². The molecule has 1 aliphatic heterocycles. The Hall–Kier alpha value is -3.80. The molecule has 1 heterocycles. The Labute approximate surface area is 188 Å². The second kappa shape index (κ2) is 8.75. The summed E-state index contributed by atoms with van der Waals surface area (Å²) in [5.41, 5.74) is 4.15. The van der Waals surface area contributed by atoms with E-state index in [4.69, 9.17) is 9.47 Å². The lowest BCUT2D eigenvalue weighted by atomic mass is 9.98. The summed E-state index contributed by atoms with van der Waals surface area (Å²) >= 11 is 0. The number of anilines is 2. The largest absolute Gasteiger partial charge is 0.497 e. The van der Waals surface area contributed by atoms with Gasteiger partial charge in [0.15, 0.2) is 0 Å². The third-order valence-electron chi connectivity index (χ3n) is 5.70. The molecule has 4 rings (SSSR count). The summed E-state index contributed by atoms with van der Waals surface area (Å²) in [4.78, 5) is 30.4. The average molecular weight is 431 g/mol. The molecule has 6 nitrogen and oxygen atoms in total. The fourth-order valence-corrected chi connectivity index (χ4v) is 3.94. The number of benzene rings is 3. The minimum absolute atomic E-state index is 0.0856. The summed E-state index contributed by atoms with van der Waals surface area (Å²) in [6.45, 7) is 3.89. The lowest BCUT2D eigenvalue weighted by Crippen LogP contribution is -2.56. The van der Waals surface area contributed by atoms with Crippen molar-refractivity contribution in [1.82, 2.24) is 0 Å². The smallest absolute Gasteiger partial charge is 0.255 e.